The van der Waals surface area contributed by atoms with Crippen LogP contribution in [0.3, 0.4) is 0 Å². The van der Waals surface area contributed by atoms with Crippen molar-refractivity contribution >= 4 is 17.9 Å². The molecule has 0 N–H and O–H groups in total. The molecule has 0 rings (SSSR count). The molecule has 0 aliphatic rings. The van der Waals surface area contributed by atoms with Gasteiger partial charge in [-0.3, -0.25) is 14.4 Å². The van der Waals surface area contributed by atoms with Crippen molar-refractivity contribution in [3.8, 4) is 0 Å². The first kappa shape index (κ1) is 57.8. The normalized spacial score (nSPS) is 13.1. The zero-order chi connectivity index (χ0) is 45.1. The van der Waals surface area contributed by atoms with Crippen LogP contribution in [0.4, 0.5) is 0 Å². The van der Waals surface area contributed by atoms with Crippen LogP contribution in [0.2, 0.25) is 0 Å². The lowest BCUT2D eigenvalue weighted by atomic mass is 10.1. The maximum atomic E-state index is 12.7. The Kier molecular flexibility index (Phi) is 46.1. The van der Waals surface area contributed by atoms with Gasteiger partial charge in [-0.1, -0.05) is 174 Å². The van der Waals surface area contributed by atoms with Crippen LogP contribution in [0.15, 0.2) is 122 Å². The summed E-state index contributed by atoms with van der Waals surface area (Å²) in [5.41, 5.74) is 0. The first-order chi connectivity index (χ1) is 30.5. The van der Waals surface area contributed by atoms with Gasteiger partial charge in [-0.2, -0.15) is 0 Å². The van der Waals surface area contributed by atoms with Crippen LogP contribution < -0.4 is 0 Å². The lowest BCUT2D eigenvalue weighted by Crippen LogP contribution is -2.30. The highest BCUT2D eigenvalue weighted by molar-refractivity contribution is 5.71. The number of unbranched alkanes of at least 4 members (excludes halogenated alkanes) is 11. The van der Waals surface area contributed by atoms with Crippen LogP contribution in [0.1, 0.15) is 194 Å². The van der Waals surface area contributed by atoms with E-state index in [1.807, 2.05) is 0 Å². The molecule has 6 heteroatoms. The molecule has 0 aromatic rings. The molecule has 0 saturated carbocycles. The third-order valence-electron chi connectivity index (χ3n) is 9.66. The van der Waals surface area contributed by atoms with Crippen molar-refractivity contribution in [3.05, 3.63) is 122 Å². The van der Waals surface area contributed by atoms with Crippen molar-refractivity contribution in [2.45, 2.75) is 200 Å². The van der Waals surface area contributed by atoms with Gasteiger partial charge in [0.1, 0.15) is 13.2 Å². The summed E-state index contributed by atoms with van der Waals surface area (Å²) in [6, 6.07) is 0. The summed E-state index contributed by atoms with van der Waals surface area (Å²) in [6.45, 7) is 6.25. The van der Waals surface area contributed by atoms with Crippen molar-refractivity contribution in [1.29, 1.82) is 0 Å². The number of esters is 3. The minimum atomic E-state index is -0.819. The molecule has 0 radical (unpaired) electrons. The Morgan fingerprint density at radius 1 is 0.339 bits per heavy atom. The number of carbonyl (C=O) groups is 3. The summed E-state index contributed by atoms with van der Waals surface area (Å²) in [6.07, 6.45) is 67.6. The van der Waals surface area contributed by atoms with Crippen molar-refractivity contribution < 1.29 is 28.6 Å². The van der Waals surface area contributed by atoms with E-state index in [9.17, 15) is 14.4 Å². The number of allylic oxidation sites excluding steroid dienone is 20. The minimum absolute atomic E-state index is 0.114. The molecular formula is C56H88O6. The SMILES string of the molecule is CC/C=C\C/C=C\C/C=C\C/C=C\C/C=C\CCCCCC(=O)OCC(COC(=O)CCCCCCC/C=C\CCC)OC(=O)CCCC/C=C\C/C=C\C/C=C\C/C=C\CC. The highest BCUT2D eigenvalue weighted by Crippen LogP contribution is 2.11. The maximum Gasteiger partial charge on any atom is 0.306 e. The highest BCUT2D eigenvalue weighted by atomic mass is 16.6. The summed E-state index contributed by atoms with van der Waals surface area (Å²) in [7, 11) is 0. The average Bonchev–Trinajstić information content (AvgIpc) is 3.27. The van der Waals surface area contributed by atoms with Crippen molar-refractivity contribution in [2.75, 3.05) is 13.2 Å². The van der Waals surface area contributed by atoms with Gasteiger partial charge in [-0.05, 0) is 122 Å². The molecule has 0 aromatic carbocycles. The molecule has 0 aliphatic heterocycles. The van der Waals surface area contributed by atoms with Crippen molar-refractivity contribution in [3.63, 3.8) is 0 Å². The number of ether oxygens (including phenoxy) is 3. The van der Waals surface area contributed by atoms with Gasteiger partial charge in [0, 0.05) is 19.3 Å². The third-order valence-corrected chi connectivity index (χ3v) is 9.66. The highest BCUT2D eigenvalue weighted by Gasteiger charge is 2.19. The second-order valence-corrected chi connectivity index (χ2v) is 15.6. The van der Waals surface area contributed by atoms with Crippen LogP contribution in [0.5, 0.6) is 0 Å². The van der Waals surface area contributed by atoms with Gasteiger partial charge < -0.3 is 14.2 Å². The summed E-state index contributed by atoms with van der Waals surface area (Å²) >= 11 is 0. The van der Waals surface area contributed by atoms with E-state index in [2.05, 4.69) is 142 Å². The predicted molar refractivity (Wildman–Crippen MR) is 265 cm³/mol. The maximum absolute atomic E-state index is 12.7. The van der Waals surface area contributed by atoms with Gasteiger partial charge in [-0.15, -0.1) is 0 Å². The summed E-state index contributed by atoms with van der Waals surface area (Å²) < 4.78 is 16.7. The van der Waals surface area contributed by atoms with Crippen molar-refractivity contribution in [2.24, 2.45) is 0 Å². The first-order valence-electron chi connectivity index (χ1n) is 24.5. The van der Waals surface area contributed by atoms with E-state index in [0.29, 0.717) is 19.3 Å². The average molecular weight is 857 g/mol. The van der Waals surface area contributed by atoms with Gasteiger partial charge in [0.15, 0.2) is 6.10 Å². The van der Waals surface area contributed by atoms with E-state index < -0.39 is 6.10 Å². The third kappa shape index (κ3) is 46.9. The summed E-state index contributed by atoms with van der Waals surface area (Å²) in [4.78, 5) is 37.8. The fourth-order valence-corrected chi connectivity index (χ4v) is 6.05. The van der Waals surface area contributed by atoms with E-state index in [1.54, 1.807) is 0 Å². The van der Waals surface area contributed by atoms with Crippen LogP contribution >= 0.6 is 0 Å². The topological polar surface area (TPSA) is 78.9 Å². The number of hydrogen-bond donors (Lipinski definition) is 0. The van der Waals surface area contributed by atoms with E-state index >= 15 is 0 Å². The van der Waals surface area contributed by atoms with Crippen molar-refractivity contribution in [1.82, 2.24) is 0 Å². The molecule has 0 fully saturated rings. The molecular weight excluding hydrogens is 769 g/mol. The number of hydrogen-bond acceptors (Lipinski definition) is 6. The van der Waals surface area contributed by atoms with Gasteiger partial charge >= 0.3 is 17.9 Å². The lowest BCUT2D eigenvalue weighted by molar-refractivity contribution is -0.167. The molecule has 348 valence electrons. The fraction of sp³-hybridized carbons (Fsp3) is 0.589. The largest absolute Gasteiger partial charge is 0.462 e. The Balaban J connectivity index is 4.51. The molecule has 0 heterocycles. The predicted octanol–water partition coefficient (Wildman–Crippen LogP) is 16.1. The molecule has 0 aromatic heterocycles. The van der Waals surface area contributed by atoms with Crippen LogP contribution in [-0.4, -0.2) is 37.2 Å². The molecule has 0 saturated heterocycles. The van der Waals surface area contributed by atoms with Crippen LogP contribution in [0.25, 0.3) is 0 Å². The summed E-state index contributed by atoms with van der Waals surface area (Å²) in [5, 5.41) is 0. The molecule has 0 bridgehead atoms. The quantitative estimate of drug-likeness (QED) is 0.0263. The summed E-state index contributed by atoms with van der Waals surface area (Å²) in [5.74, 6) is -1.01. The van der Waals surface area contributed by atoms with Gasteiger partial charge in [-0.25, -0.2) is 0 Å². The second kappa shape index (κ2) is 49.5. The van der Waals surface area contributed by atoms with E-state index in [-0.39, 0.29) is 37.5 Å². The number of carbonyl (C=O) groups excluding carboxylic acids is 3. The monoisotopic (exact) mass is 857 g/mol. The number of rotatable bonds is 42. The molecule has 62 heavy (non-hydrogen) atoms. The molecule has 6 nitrogen and oxygen atoms in total. The molecule has 1 unspecified atom stereocenters. The van der Waals surface area contributed by atoms with Crippen LogP contribution in [0, 0.1) is 0 Å². The zero-order valence-corrected chi connectivity index (χ0v) is 39.6. The Bertz CT molecular complexity index is 1350. The first-order valence-corrected chi connectivity index (χ1v) is 24.5. The second-order valence-electron chi connectivity index (χ2n) is 15.6. The van der Waals surface area contributed by atoms with Gasteiger partial charge in [0.25, 0.3) is 0 Å². The minimum Gasteiger partial charge on any atom is -0.462 e. The molecule has 0 spiro atoms. The zero-order valence-electron chi connectivity index (χ0n) is 39.6. The van der Waals surface area contributed by atoms with E-state index in [4.69, 9.17) is 14.2 Å². The lowest BCUT2D eigenvalue weighted by Gasteiger charge is -2.18. The standard InChI is InChI=1S/C56H88O6/c1-4-7-10-13-16-19-22-24-26-27-28-29-31-32-34-37-40-43-46-49-55(58)61-52-53(51-60-54(57)48-45-42-39-36-21-18-15-12-9-6-3)62-56(59)50-47-44-41-38-35-33-30-25-23-20-17-14-11-8-5-2/h7-8,10-12,15-17,19-20,24-26,28-30,32,34-35,38,53H,4-6,9,13-14,18,21-23,27,31,33,36-37,39-52H2,1-3H3/b10-7-,11-8-,15-12-,19-16-,20-17-,26-24-,29-28-,30-25-,34-32-,38-35-. The Hall–Kier alpha value is -4.19. The Labute approximate surface area is 380 Å². The fourth-order valence-electron chi connectivity index (χ4n) is 6.05. The Morgan fingerprint density at radius 2 is 0.629 bits per heavy atom. The molecule has 0 amide bonds. The van der Waals surface area contributed by atoms with E-state index in [1.165, 1.54) is 12.8 Å². The smallest absolute Gasteiger partial charge is 0.306 e. The van der Waals surface area contributed by atoms with Gasteiger partial charge in [0.2, 0.25) is 0 Å². The van der Waals surface area contributed by atoms with Crippen LogP contribution in [-0.2, 0) is 28.6 Å². The molecule has 1 atom stereocenters. The molecule has 0 aliphatic carbocycles. The Morgan fingerprint density at radius 3 is 1.05 bits per heavy atom. The van der Waals surface area contributed by atoms with Gasteiger partial charge in [0.05, 0.1) is 0 Å². The van der Waals surface area contributed by atoms with E-state index in [0.717, 1.165) is 135 Å².